The van der Waals surface area contributed by atoms with Crippen LogP contribution in [0.1, 0.15) is 24.2 Å². The molecule has 1 aliphatic carbocycles. The fourth-order valence-corrected chi connectivity index (χ4v) is 1.44. The topological polar surface area (TPSA) is 16.4 Å². The molecular formula is C10H15NO. The van der Waals surface area contributed by atoms with Crippen LogP contribution in [-0.2, 0) is 6.54 Å². The van der Waals surface area contributed by atoms with Crippen molar-refractivity contribution in [1.82, 2.24) is 4.90 Å². The highest BCUT2D eigenvalue weighted by Crippen LogP contribution is 2.27. The first-order chi connectivity index (χ1) is 5.77. The summed E-state index contributed by atoms with van der Waals surface area (Å²) in [5, 5.41) is 0. The van der Waals surface area contributed by atoms with Crippen molar-refractivity contribution in [3.8, 4) is 0 Å². The molecule has 0 radical (unpaired) electrons. The smallest absolute Gasteiger partial charge is 0.120 e. The van der Waals surface area contributed by atoms with E-state index >= 15 is 0 Å². The molecule has 0 saturated heterocycles. The minimum atomic E-state index is 0.814. The van der Waals surface area contributed by atoms with Gasteiger partial charge in [0.25, 0.3) is 0 Å². The molecule has 1 fully saturated rings. The van der Waals surface area contributed by atoms with Gasteiger partial charge in [0.2, 0.25) is 0 Å². The number of hydrogen-bond acceptors (Lipinski definition) is 2. The fourth-order valence-electron chi connectivity index (χ4n) is 1.44. The summed E-state index contributed by atoms with van der Waals surface area (Å²) in [7, 11) is 2.17. The zero-order valence-corrected chi connectivity index (χ0v) is 7.71. The molecule has 2 rings (SSSR count). The van der Waals surface area contributed by atoms with E-state index in [1.165, 1.54) is 18.4 Å². The normalized spacial score (nSPS) is 17.2. The monoisotopic (exact) mass is 165 g/mol. The van der Waals surface area contributed by atoms with Crippen molar-refractivity contribution in [2.75, 3.05) is 7.05 Å². The summed E-state index contributed by atoms with van der Waals surface area (Å²) in [6.07, 6.45) is 4.48. The van der Waals surface area contributed by atoms with Crippen LogP contribution in [-0.4, -0.2) is 18.0 Å². The predicted octanol–water partition coefficient (Wildman–Crippen LogP) is 2.18. The average Bonchev–Trinajstić information content (AvgIpc) is 2.80. The van der Waals surface area contributed by atoms with Crippen LogP contribution in [0, 0.1) is 6.92 Å². The zero-order chi connectivity index (χ0) is 8.55. The third-order valence-corrected chi connectivity index (χ3v) is 2.53. The van der Waals surface area contributed by atoms with Crippen molar-refractivity contribution in [2.24, 2.45) is 0 Å². The first-order valence-corrected chi connectivity index (χ1v) is 4.50. The van der Waals surface area contributed by atoms with Gasteiger partial charge in [-0.3, -0.25) is 4.90 Å². The molecule has 0 atom stereocenters. The third kappa shape index (κ3) is 1.53. The van der Waals surface area contributed by atoms with E-state index < -0.39 is 0 Å². The van der Waals surface area contributed by atoms with Crippen LogP contribution in [0.2, 0.25) is 0 Å². The Kier molecular flexibility index (Phi) is 1.93. The minimum absolute atomic E-state index is 0.814. The highest BCUT2D eigenvalue weighted by Gasteiger charge is 2.26. The standard InChI is InChI=1S/C10H15NO/c1-8-5-6-12-10(8)7-11(2)9-3-4-9/h5-6,9H,3-4,7H2,1-2H3. The molecule has 2 nitrogen and oxygen atoms in total. The van der Waals surface area contributed by atoms with Crippen molar-refractivity contribution < 1.29 is 4.42 Å². The van der Waals surface area contributed by atoms with Crippen LogP contribution in [0.4, 0.5) is 0 Å². The van der Waals surface area contributed by atoms with E-state index in [2.05, 4.69) is 18.9 Å². The molecular weight excluding hydrogens is 150 g/mol. The highest BCUT2D eigenvalue weighted by molar-refractivity contribution is 5.14. The van der Waals surface area contributed by atoms with Crippen LogP contribution in [0.25, 0.3) is 0 Å². The molecule has 1 heterocycles. The Morgan fingerprint density at radius 3 is 2.83 bits per heavy atom. The molecule has 2 heteroatoms. The molecule has 1 aliphatic rings. The van der Waals surface area contributed by atoms with Gasteiger partial charge in [0, 0.05) is 6.04 Å². The lowest BCUT2D eigenvalue weighted by Crippen LogP contribution is -2.19. The van der Waals surface area contributed by atoms with Gasteiger partial charge in [-0.05, 0) is 38.4 Å². The van der Waals surface area contributed by atoms with E-state index in [0.717, 1.165) is 18.3 Å². The SMILES string of the molecule is Cc1ccoc1CN(C)C1CC1. The Balaban J connectivity index is 1.97. The van der Waals surface area contributed by atoms with E-state index in [9.17, 15) is 0 Å². The molecule has 12 heavy (non-hydrogen) atoms. The summed E-state index contributed by atoms with van der Waals surface area (Å²) in [6, 6.07) is 2.84. The molecule has 1 aromatic rings. The second kappa shape index (κ2) is 2.94. The molecule has 0 aliphatic heterocycles. The molecule has 0 spiro atoms. The van der Waals surface area contributed by atoms with E-state index in [0.29, 0.717) is 0 Å². The van der Waals surface area contributed by atoms with E-state index in [-0.39, 0.29) is 0 Å². The Labute approximate surface area is 73.2 Å². The maximum Gasteiger partial charge on any atom is 0.120 e. The number of hydrogen-bond donors (Lipinski definition) is 0. The van der Waals surface area contributed by atoms with Gasteiger partial charge in [-0.25, -0.2) is 0 Å². The summed E-state index contributed by atoms with van der Waals surface area (Å²) in [5.41, 5.74) is 1.27. The Morgan fingerprint density at radius 1 is 1.58 bits per heavy atom. The number of aryl methyl sites for hydroxylation is 1. The largest absolute Gasteiger partial charge is 0.468 e. The molecule has 0 amide bonds. The van der Waals surface area contributed by atoms with Gasteiger partial charge in [0.05, 0.1) is 12.8 Å². The van der Waals surface area contributed by atoms with Crippen LogP contribution < -0.4 is 0 Å². The molecule has 0 unspecified atom stereocenters. The summed E-state index contributed by atoms with van der Waals surface area (Å²) < 4.78 is 5.37. The van der Waals surface area contributed by atoms with E-state index in [1.54, 1.807) is 6.26 Å². The van der Waals surface area contributed by atoms with Crippen LogP contribution in [0.15, 0.2) is 16.7 Å². The summed E-state index contributed by atoms with van der Waals surface area (Å²) >= 11 is 0. The van der Waals surface area contributed by atoms with Crippen molar-refractivity contribution >= 4 is 0 Å². The first-order valence-electron chi connectivity index (χ1n) is 4.50. The number of furan rings is 1. The summed E-state index contributed by atoms with van der Waals surface area (Å²) in [4.78, 5) is 2.37. The first kappa shape index (κ1) is 7.87. The predicted molar refractivity (Wildman–Crippen MR) is 47.9 cm³/mol. The van der Waals surface area contributed by atoms with Crippen molar-refractivity contribution in [2.45, 2.75) is 32.4 Å². The van der Waals surface area contributed by atoms with Gasteiger partial charge in [-0.2, -0.15) is 0 Å². The lowest BCUT2D eigenvalue weighted by molar-refractivity contribution is 0.284. The van der Waals surface area contributed by atoms with Gasteiger partial charge >= 0.3 is 0 Å². The van der Waals surface area contributed by atoms with Gasteiger partial charge in [-0.15, -0.1) is 0 Å². The van der Waals surface area contributed by atoms with Gasteiger partial charge in [0.1, 0.15) is 5.76 Å². The van der Waals surface area contributed by atoms with Gasteiger partial charge in [-0.1, -0.05) is 0 Å². The highest BCUT2D eigenvalue weighted by atomic mass is 16.3. The van der Waals surface area contributed by atoms with Crippen molar-refractivity contribution in [1.29, 1.82) is 0 Å². The Hall–Kier alpha value is -0.760. The second-order valence-electron chi connectivity index (χ2n) is 3.67. The maximum absolute atomic E-state index is 5.37. The fraction of sp³-hybridized carbons (Fsp3) is 0.600. The molecule has 0 aromatic carbocycles. The van der Waals surface area contributed by atoms with E-state index in [1.807, 2.05) is 6.07 Å². The van der Waals surface area contributed by atoms with Crippen LogP contribution >= 0.6 is 0 Å². The average molecular weight is 165 g/mol. The summed E-state index contributed by atoms with van der Waals surface area (Å²) in [5.74, 6) is 1.12. The van der Waals surface area contributed by atoms with Gasteiger partial charge in [0.15, 0.2) is 0 Å². The number of rotatable bonds is 3. The molecule has 1 aromatic heterocycles. The molecule has 0 bridgehead atoms. The number of nitrogens with zero attached hydrogens (tertiary/aromatic N) is 1. The van der Waals surface area contributed by atoms with Crippen molar-refractivity contribution in [3.63, 3.8) is 0 Å². The quantitative estimate of drug-likeness (QED) is 0.682. The minimum Gasteiger partial charge on any atom is -0.468 e. The molecule has 1 saturated carbocycles. The third-order valence-electron chi connectivity index (χ3n) is 2.53. The Morgan fingerprint density at radius 2 is 2.33 bits per heavy atom. The summed E-state index contributed by atoms with van der Waals surface area (Å²) in [6.45, 7) is 3.06. The molecule has 0 N–H and O–H groups in total. The second-order valence-corrected chi connectivity index (χ2v) is 3.67. The van der Waals surface area contributed by atoms with Crippen LogP contribution in [0.5, 0.6) is 0 Å². The lowest BCUT2D eigenvalue weighted by Gasteiger charge is -2.13. The molecule has 66 valence electrons. The van der Waals surface area contributed by atoms with Crippen molar-refractivity contribution in [3.05, 3.63) is 23.7 Å². The zero-order valence-electron chi connectivity index (χ0n) is 7.71. The van der Waals surface area contributed by atoms with E-state index in [4.69, 9.17) is 4.42 Å². The van der Waals surface area contributed by atoms with Crippen LogP contribution in [0.3, 0.4) is 0 Å². The lowest BCUT2D eigenvalue weighted by atomic mass is 10.3. The van der Waals surface area contributed by atoms with Gasteiger partial charge < -0.3 is 4.42 Å². The Bertz CT molecular complexity index is 263. The maximum atomic E-state index is 5.37.